The van der Waals surface area contributed by atoms with Gasteiger partial charge in [-0.2, -0.15) is 11.8 Å². The predicted molar refractivity (Wildman–Crippen MR) is 88.1 cm³/mol. The smallest absolute Gasteiger partial charge is 0.262 e. The van der Waals surface area contributed by atoms with Gasteiger partial charge in [0.05, 0.1) is 10.9 Å². The Bertz CT molecular complexity index is 714. The van der Waals surface area contributed by atoms with E-state index in [1.165, 1.54) is 25.7 Å². The molecule has 1 aliphatic carbocycles. The van der Waals surface area contributed by atoms with Crippen molar-refractivity contribution in [2.24, 2.45) is 0 Å². The van der Waals surface area contributed by atoms with Crippen molar-refractivity contribution < 1.29 is 0 Å². The lowest BCUT2D eigenvalue weighted by Crippen LogP contribution is -2.23. The molecule has 1 aliphatic rings. The number of H-pyrrole nitrogens is 1. The Morgan fingerprint density at radius 2 is 2.05 bits per heavy atom. The number of fused-ring (bicyclic) bond motifs is 1. The van der Waals surface area contributed by atoms with Gasteiger partial charge in [-0.15, -0.1) is 0 Å². The third kappa shape index (κ3) is 2.83. The predicted octanol–water partition coefficient (Wildman–Crippen LogP) is 3.73. The minimum atomic E-state index is 0.0244. The number of aromatic amines is 1. The van der Waals surface area contributed by atoms with Crippen molar-refractivity contribution in [1.82, 2.24) is 9.55 Å². The van der Waals surface area contributed by atoms with Gasteiger partial charge in [0.15, 0.2) is 4.77 Å². The summed E-state index contributed by atoms with van der Waals surface area (Å²) in [5.41, 5.74) is 0.846. The quantitative estimate of drug-likeness (QED) is 0.875. The normalized spacial score (nSPS) is 16.0. The fraction of sp³-hybridized carbons (Fsp3) is 0.467. The second-order valence-corrected chi connectivity index (χ2v) is 7.00. The molecule has 106 valence electrons. The maximum absolute atomic E-state index is 12.4. The minimum absolute atomic E-state index is 0.0244. The van der Waals surface area contributed by atoms with Crippen molar-refractivity contribution in [2.45, 2.75) is 37.5 Å². The first kappa shape index (κ1) is 13.9. The third-order valence-electron chi connectivity index (χ3n) is 3.86. The summed E-state index contributed by atoms with van der Waals surface area (Å²) in [5, 5.41) is 1.50. The fourth-order valence-corrected chi connectivity index (χ4v) is 4.34. The summed E-state index contributed by atoms with van der Waals surface area (Å²) in [6, 6.07) is 7.54. The van der Waals surface area contributed by atoms with Crippen LogP contribution in [0.5, 0.6) is 0 Å². The first-order chi connectivity index (χ1) is 9.75. The van der Waals surface area contributed by atoms with Crippen LogP contribution in [0.25, 0.3) is 10.9 Å². The Morgan fingerprint density at radius 1 is 1.30 bits per heavy atom. The molecule has 1 heterocycles. The maximum Gasteiger partial charge on any atom is 0.262 e. The zero-order valence-electron chi connectivity index (χ0n) is 11.3. The van der Waals surface area contributed by atoms with Crippen molar-refractivity contribution in [3.8, 4) is 0 Å². The molecule has 3 nitrogen and oxygen atoms in total. The van der Waals surface area contributed by atoms with Crippen LogP contribution in [0.2, 0.25) is 0 Å². The first-order valence-corrected chi connectivity index (χ1v) is 8.55. The monoisotopic (exact) mass is 306 g/mol. The molecule has 2 aromatic rings. The van der Waals surface area contributed by atoms with Crippen molar-refractivity contribution in [2.75, 3.05) is 5.75 Å². The molecule has 0 amide bonds. The number of nitrogens with one attached hydrogen (secondary N) is 1. The van der Waals surface area contributed by atoms with E-state index in [4.69, 9.17) is 12.2 Å². The molecule has 0 unspecified atom stereocenters. The van der Waals surface area contributed by atoms with Gasteiger partial charge < -0.3 is 4.98 Å². The van der Waals surface area contributed by atoms with Gasteiger partial charge in [0.25, 0.3) is 5.56 Å². The summed E-state index contributed by atoms with van der Waals surface area (Å²) >= 11 is 7.30. The van der Waals surface area contributed by atoms with Gasteiger partial charge in [0, 0.05) is 17.5 Å². The summed E-state index contributed by atoms with van der Waals surface area (Å²) < 4.78 is 2.22. The van der Waals surface area contributed by atoms with Gasteiger partial charge in [0.1, 0.15) is 0 Å². The average molecular weight is 306 g/mol. The van der Waals surface area contributed by atoms with E-state index in [2.05, 4.69) is 4.98 Å². The lowest BCUT2D eigenvalue weighted by molar-refractivity contribution is 0.710. The number of para-hydroxylation sites is 1. The van der Waals surface area contributed by atoms with Gasteiger partial charge in [-0.3, -0.25) is 9.36 Å². The SMILES string of the molecule is O=c1c2ccccc2[nH]c(=S)n1CCSC1CCCC1. The molecule has 1 N–H and O–H groups in total. The molecule has 0 radical (unpaired) electrons. The molecular weight excluding hydrogens is 288 g/mol. The van der Waals surface area contributed by atoms with E-state index in [1.54, 1.807) is 4.57 Å². The van der Waals surface area contributed by atoms with Gasteiger partial charge in [0.2, 0.25) is 0 Å². The Morgan fingerprint density at radius 3 is 2.85 bits per heavy atom. The summed E-state index contributed by atoms with van der Waals surface area (Å²) in [6.07, 6.45) is 5.36. The van der Waals surface area contributed by atoms with Crippen LogP contribution < -0.4 is 5.56 Å². The Labute approximate surface area is 127 Å². The van der Waals surface area contributed by atoms with Crippen LogP contribution in [0.3, 0.4) is 0 Å². The van der Waals surface area contributed by atoms with Crippen molar-refractivity contribution in [1.29, 1.82) is 0 Å². The lowest BCUT2D eigenvalue weighted by atomic mass is 10.2. The van der Waals surface area contributed by atoms with Crippen LogP contribution >= 0.6 is 24.0 Å². The molecule has 0 spiro atoms. The van der Waals surface area contributed by atoms with Crippen LogP contribution in [0.1, 0.15) is 25.7 Å². The van der Waals surface area contributed by atoms with Gasteiger partial charge in [-0.25, -0.2) is 0 Å². The Hall–Kier alpha value is -1.07. The fourth-order valence-electron chi connectivity index (χ4n) is 2.77. The van der Waals surface area contributed by atoms with Gasteiger partial charge in [-0.05, 0) is 37.2 Å². The molecular formula is C15H18N2OS2. The maximum atomic E-state index is 12.4. The van der Waals surface area contributed by atoms with E-state index in [0.717, 1.165) is 16.5 Å². The van der Waals surface area contributed by atoms with Crippen LogP contribution in [-0.4, -0.2) is 20.6 Å². The van der Waals surface area contributed by atoms with Crippen LogP contribution in [-0.2, 0) is 6.54 Å². The highest BCUT2D eigenvalue weighted by atomic mass is 32.2. The van der Waals surface area contributed by atoms with Crippen molar-refractivity contribution >= 4 is 34.9 Å². The largest absolute Gasteiger partial charge is 0.332 e. The third-order valence-corrected chi connectivity index (χ3v) is 5.54. The summed E-state index contributed by atoms with van der Waals surface area (Å²) in [6.45, 7) is 0.695. The number of thioether (sulfide) groups is 1. The molecule has 1 saturated carbocycles. The molecule has 0 atom stereocenters. The van der Waals surface area contributed by atoms with Crippen LogP contribution in [0.4, 0.5) is 0 Å². The summed E-state index contributed by atoms with van der Waals surface area (Å²) in [4.78, 5) is 15.6. The summed E-state index contributed by atoms with van der Waals surface area (Å²) in [5.74, 6) is 0.959. The Balaban J connectivity index is 1.80. The number of nitrogens with zero attached hydrogens (tertiary/aromatic N) is 1. The zero-order valence-corrected chi connectivity index (χ0v) is 12.9. The first-order valence-electron chi connectivity index (χ1n) is 7.09. The molecule has 20 heavy (non-hydrogen) atoms. The van der Waals surface area contributed by atoms with Crippen LogP contribution in [0, 0.1) is 4.77 Å². The van der Waals surface area contributed by atoms with Gasteiger partial charge >= 0.3 is 0 Å². The molecule has 1 aromatic heterocycles. The molecule has 1 fully saturated rings. The second kappa shape index (κ2) is 6.14. The topological polar surface area (TPSA) is 37.8 Å². The minimum Gasteiger partial charge on any atom is -0.332 e. The number of aromatic nitrogens is 2. The molecule has 5 heteroatoms. The molecule has 1 aromatic carbocycles. The molecule has 3 rings (SSSR count). The van der Waals surface area contributed by atoms with E-state index in [-0.39, 0.29) is 5.56 Å². The summed E-state index contributed by atoms with van der Waals surface area (Å²) in [7, 11) is 0. The Kier molecular flexibility index (Phi) is 4.27. The van der Waals surface area contributed by atoms with E-state index < -0.39 is 0 Å². The van der Waals surface area contributed by atoms with Crippen LogP contribution in [0.15, 0.2) is 29.1 Å². The number of rotatable bonds is 4. The van der Waals surface area contributed by atoms with E-state index in [1.807, 2.05) is 36.0 Å². The van der Waals surface area contributed by atoms with Gasteiger partial charge in [-0.1, -0.05) is 25.0 Å². The highest BCUT2D eigenvalue weighted by Crippen LogP contribution is 2.29. The number of benzene rings is 1. The van der Waals surface area contributed by atoms with Crippen molar-refractivity contribution in [3.63, 3.8) is 0 Å². The standard InChI is InChI=1S/C15H18N2OS2/c18-14-12-7-3-4-8-13(12)16-15(19)17(14)9-10-20-11-5-1-2-6-11/h3-4,7-8,11H,1-2,5-6,9-10H2,(H,16,19). The van der Waals surface area contributed by atoms with E-state index >= 15 is 0 Å². The van der Waals surface area contributed by atoms with E-state index in [0.29, 0.717) is 16.7 Å². The molecule has 0 aliphatic heterocycles. The highest BCUT2D eigenvalue weighted by Gasteiger charge is 2.15. The molecule has 0 saturated heterocycles. The lowest BCUT2D eigenvalue weighted by Gasteiger charge is -2.11. The molecule has 0 bridgehead atoms. The average Bonchev–Trinajstić information content (AvgIpc) is 2.96. The second-order valence-electron chi connectivity index (χ2n) is 5.21. The van der Waals surface area contributed by atoms with E-state index in [9.17, 15) is 4.79 Å². The number of hydrogen-bond acceptors (Lipinski definition) is 3. The van der Waals surface area contributed by atoms with Crippen molar-refractivity contribution in [3.05, 3.63) is 39.4 Å². The number of hydrogen-bond donors (Lipinski definition) is 1. The zero-order chi connectivity index (χ0) is 13.9. The highest BCUT2D eigenvalue weighted by molar-refractivity contribution is 7.99.